The first kappa shape index (κ1) is 41.3. The van der Waals surface area contributed by atoms with Crippen molar-refractivity contribution in [3.8, 4) is 17.2 Å². The Morgan fingerprint density at radius 3 is 1.68 bits per heavy atom. The van der Waals surface area contributed by atoms with Crippen LogP contribution in [0.4, 0.5) is 21.9 Å². The monoisotopic (exact) mass is 617 g/mol. The lowest BCUT2D eigenvalue weighted by Crippen LogP contribution is -2.39. The van der Waals surface area contributed by atoms with Gasteiger partial charge in [0.25, 0.3) is 10.0 Å². The maximum Gasteiger partial charge on any atom is 0.333 e. The molecule has 4 rings (SSSR count). The zero-order valence-electron chi connectivity index (χ0n) is 20.1. The summed E-state index contributed by atoms with van der Waals surface area (Å²) in [7, 11) is -3.04. The molecule has 232 valence electrons. The molecule has 0 saturated carbocycles. The van der Waals surface area contributed by atoms with Crippen LogP contribution in [0, 0.1) is 0 Å². The second-order valence-electron chi connectivity index (χ2n) is 7.14. The normalized spacial score (nSPS) is 11.9. The van der Waals surface area contributed by atoms with Crippen LogP contribution in [-0.2, 0) is 20.0 Å². The molecule has 13 nitrogen and oxygen atoms in total. The molecule has 0 fully saturated rings. The zero-order chi connectivity index (χ0) is 27.8. The molecule has 0 aliphatic carbocycles. The highest BCUT2D eigenvalue weighted by atomic mass is 32.2. The Balaban J connectivity index is -0.000000517. The average Bonchev–Trinajstić information content (AvgIpc) is 2.84. The van der Waals surface area contributed by atoms with Gasteiger partial charge in [-0.05, 0) is 48.5 Å². The van der Waals surface area contributed by atoms with Crippen LogP contribution in [0.5, 0.6) is 17.2 Å². The number of ether oxygens (including phenoxy) is 3. The van der Waals surface area contributed by atoms with Gasteiger partial charge in [0.05, 0.1) is 32.7 Å². The standard InChI is InChI=1S/C8H8N2O4S.C7H10N2O3S.C7H9NO.4CH4/c1-14-5-2-3-6-7(4-5)15(12,13)10-8(11)9-6;1-12-5-2-3-6(8)7(4-5)13(9,10)11;1-9-7-4-2-6(8)3-5-7;;;;/h2-4H,1H3,(H2,9,10,11);2-4H,8H2,1H3,(H2,9,10,11);2-5H,8H2,1H3;4*1H4. The third kappa shape index (κ3) is 11.8. The lowest BCUT2D eigenvalue weighted by molar-refractivity contribution is 0.256. The lowest BCUT2D eigenvalue weighted by Gasteiger charge is -2.18. The first-order chi connectivity index (χ1) is 17.3. The van der Waals surface area contributed by atoms with E-state index in [0.717, 1.165) is 11.4 Å². The fourth-order valence-corrected chi connectivity index (χ4v) is 4.53. The zero-order valence-corrected chi connectivity index (χ0v) is 21.7. The summed E-state index contributed by atoms with van der Waals surface area (Å²) in [4.78, 5) is 10.8. The van der Waals surface area contributed by atoms with Crippen molar-refractivity contribution in [1.82, 2.24) is 4.72 Å². The molecule has 15 heteroatoms. The number of methoxy groups -OCH3 is 3. The summed E-state index contributed by atoms with van der Waals surface area (Å²) in [5.41, 5.74) is 12.0. The Kier molecular flexibility index (Phi) is 17.6. The Labute approximate surface area is 244 Å². The van der Waals surface area contributed by atoms with Crippen LogP contribution < -0.4 is 40.9 Å². The predicted molar refractivity (Wildman–Crippen MR) is 165 cm³/mol. The van der Waals surface area contributed by atoms with Crippen LogP contribution in [0.2, 0.25) is 0 Å². The van der Waals surface area contributed by atoms with Gasteiger partial charge in [-0.2, -0.15) is 0 Å². The van der Waals surface area contributed by atoms with E-state index in [-0.39, 0.29) is 50.9 Å². The molecule has 0 radical (unpaired) electrons. The number of carbonyl (C=O) groups excluding carboxylic acids is 1. The van der Waals surface area contributed by atoms with Gasteiger partial charge in [0.2, 0.25) is 10.0 Å². The highest BCUT2D eigenvalue weighted by Crippen LogP contribution is 2.28. The molecule has 1 aliphatic rings. The van der Waals surface area contributed by atoms with E-state index in [1.165, 1.54) is 38.5 Å². The summed E-state index contributed by atoms with van der Waals surface area (Å²) in [6, 6.07) is 15.2. The molecule has 0 atom stereocenters. The third-order valence-corrected chi connectivity index (χ3v) is 6.93. The molecule has 2 amide bonds. The van der Waals surface area contributed by atoms with Crippen LogP contribution in [-0.4, -0.2) is 44.2 Å². The number of carbonyl (C=O) groups is 1. The van der Waals surface area contributed by atoms with E-state index in [9.17, 15) is 21.6 Å². The Bertz CT molecular complexity index is 1460. The number of nitrogen functional groups attached to an aromatic ring is 2. The quantitative estimate of drug-likeness (QED) is 0.262. The molecule has 0 aromatic heterocycles. The van der Waals surface area contributed by atoms with Gasteiger partial charge in [0.1, 0.15) is 27.0 Å². The number of fused-ring (bicyclic) bond motifs is 1. The Morgan fingerprint density at radius 2 is 1.20 bits per heavy atom. The number of urea groups is 1. The molecular weight excluding hydrogens is 574 g/mol. The number of nitrogens with one attached hydrogen (secondary N) is 2. The fraction of sp³-hybridized carbons (Fsp3) is 0.269. The summed E-state index contributed by atoms with van der Waals surface area (Å²) in [5.74, 6) is 1.65. The van der Waals surface area contributed by atoms with E-state index in [1.807, 2.05) is 16.9 Å². The van der Waals surface area contributed by atoms with Gasteiger partial charge in [-0.25, -0.2) is 31.5 Å². The van der Waals surface area contributed by atoms with Gasteiger partial charge in [0.15, 0.2) is 0 Å². The topological polar surface area (TPSA) is 215 Å². The van der Waals surface area contributed by atoms with Crippen molar-refractivity contribution >= 4 is 43.1 Å². The number of sulfonamides is 2. The van der Waals surface area contributed by atoms with Crippen molar-refractivity contribution in [1.29, 1.82) is 0 Å². The first-order valence-electron chi connectivity index (χ1n) is 10.2. The predicted octanol–water partition coefficient (Wildman–Crippen LogP) is 4.27. The van der Waals surface area contributed by atoms with Crippen LogP contribution in [0.15, 0.2) is 70.5 Å². The minimum atomic E-state index is -3.77. The van der Waals surface area contributed by atoms with E-state index >= 15 is 0 Å². The summed E-state index contributed by atoms with van der Waals surface area (Å²) < 4.78 is 61.4. The van der Waals surface area contributed by atoms with Crippen LogP contribution >= 0.6 is 0 Å². The molecule has 0 saturated heterocycles. The summed E-state index contributed by atoms with van der Waals surface area (Å²) in [6.45, 7) is 0. The number of benzene rings is 3. The lowest BCUT2D eigenvalue weighted by atomic mass is 10.3. The van der Waals surface area contributed by atoms with E-state index in [2.05, 4.69) is 5.32 Å². The summed E-state index contributed by atoms with van der Waals surface area (Å²) >= 11 is 0. The molecular formula is C26H43N5O8S2. The maximum absolute atomic E-state index is 11.5. The second kappa shape index (κ2) is 17.5. The number of primary sulfonamides is 1. The molecule has 3 aromatic carbocycles. The molecule has 0 bridgehead atoms. The number of rotatable bonds is 4. The first-order valence-corrected chi connectivity index (χ1v) is 13.2. The molecule has 1 aliphatic heterocycles. The van der Waals surface area contributed by atoms with Gasteiger partial charge in [-0.15, -0.1) is 0 Å². The SMILES string of the molecule is C.C.C.C.COc1ccc(N)c(S(N)(=O)=O)c1.COc1ccc(N)cc1.COc1ccc2c(c1)S(=O)(=O)NC(=O)N2. The molecule has 41 heavy (non-hydrogen) atoms. The second-order valence-corrected chi connectivity index (χ2v) is 10.3. The fourth-order valence-electron chi connectivity index (χ4n) is 2.77. The van der Waals surface area contributed by atoms with Gasteiger partial charge in [0, 0.05) is 17.8 Å². The number of hydrogen-bond acceptors (Lipinski definition) is 10. The summed E-state index contributed by atoms with van der Waals surface area (Å²) in [6.07, 6.45) is 0. The maximum atomic E-state index is 11.5. The van der Waals surface area contributed by atoms with Crippen LogP contribution in [0.3, 0.4) is 0 Å². The van der Waals surface area contributed by atoms with Crippen LogP contribution in [0.25, 0.3) is 0 Å². The molecule has 0 unspecified atom stereocenters. The van der Waals surface area contributed by atoms with Gasteiger partial charge < -0.3 is 31.0 Å². The average molecular weight is 618 g/mol. The largest absolute Gasteiger partial charge is 0.497 e. The van der Waals surface area contributed by atoms with Gasteiger partial charge >= 0.3 is 6.03 Å². The summed E-state index contributed by atoms with van der Waals surface area (Å²) in [5, 5.41) is 7.30. The number of hydrogen-bond donors (Lipinski definition) is 5. The van der Waals surface area contributed by atoms with E-state index < -0.39 is 26.1 Å². The van der Waals surface area contributed by atoms with E-state index in [1.54, 1.807) is 31.4 Å². The van der Waals surface area contributed by atoms with E-state index in [0.29, 0.717) is 11.5 Å². The van der Waals surface area contributed by atoms with Crippen LogP contribution in [0.1, 0.15) is 29.7 Å². The molecule has 1 heterocycles. The van der Waals surface area contributed by atoms with E-state index in [4.69, 9.17) is 30.8 Å². The minimum absolute atomic E-state index is 0. The molecule has 3 aromatic rings. The highest BCUT2D eigenvalue weighted by Gasteiger charge is 2.27. The van der Waals surface area contributed by atoms with Crippen molar-refractivity contribution < 1.29 is 35.8 Å². The third-order valence-electron chi connectivity index (χ3n) is 4.60. The smallest absolute Gasteiger partial charge is 0.333 e. The Morgan fingerprint density at radius 1 is 0.732 bits per heavy atom. The minimum Gasteiger partial charge on any atom is -0.497 e. The van der Waals surface area contributed by atoms with Crippen molar-refractivity contribution in [2.45, 2.75) is 39.5 Å². The van der Waals surface area contributed by atoms with Gasteiger partial charge in [-0.3, -0.25) is 0 Å². The Hall–Kier alpha value is -4.21. The molecule has 8 N–H and O–H groups in total. The van der Waals surface area contributed by atoms with Crippen molar-refractivity contribution in [3.05, 3.63) is 60.7 Å². The van der Waals surface area contributed by atoms with Gasteiger partial charge in [-0.1, -0.05) is 29.7 Å². The van der Waals surface area contributed by atoms with Crippen molar-refractivity contribution in [2.24, 2.45) is 5.14 Å². The number of nitrogens with two attached hydrogens (primary N) is 3. The number of anilines is 3. The van der Waals surface area contributed by atoms with Crippen molar-refractivity contribution in [3.63, 3.8) is 0 Å². The number of amides is 2. The van der Waals surface area contributed by atoms with Crippen molar-refractivity contribution in [2.75, 3.05) is 38.1 Å². The highest BCUT2D eigenvalue weighted by molar-refractivity contribution is 7.90. The molecule has 0 spiro atoms.